The molecule has 2 fully saturated rings. The van der Waals surface area contributed by atoms with Crippen LogP contribution in [0.15, 0.2) is 12.3 Å². The van der Waals surface area contributed by atoms with E-state index in [-0.39, 0.29) is 23.9 Å². The molecule has 2 amide bonds. The first kappa shape index (κ1) is 20.8. The summed E-state index contributed by atoms with van der Waals surface area (Å²) in [4.78, 5) is 27.1. The number of carbonyl (C=O) groups is 2. The standard InChI is InChI=1S/C21H34N4O3/c1-5-12-24-17(9-11-23-24)19(27)25-16(14-22-15(2)26)13-20(3)18(25)8-6-7-10-21(20,4)28/h9,11,16,18,28H,5-8,10,12-14H2,1-4H3,(H,22,26)/t16-,18-,20-,21+/m1/s1. The maximum atomic E-state index is 13.6. The number of nitrogens with zero attached hydrogens (tertiary/aromatic N) is 3. The quantitative estimate of drug-likeness (QED) is 0.808. The molecule has 7 nitrogen and oxygen atoms in total. The van der Waals surface area contributed by atoms with Gasteiger partial charge in [0.25, 0.3) is 5.91 Å². The van der Waals surface area contributed by atoms with Crippen LogP contribution in [-0.2, 0) is 11.3 Å². The molecule has 0 radical (unpaired) electrons. The Bertz CT molecular complexity index is 729. The van der Waals surface area contributed by atoms with Crippen molar-refractivity contribution < 1.29 is 14.7 Å². The summed E-state index contributed by atoms with van der Waals surface area (Å²) in [6.45, 7) is 8.68. The molecule has 2 heterocycles. The van der Waals surface area contributed by atoms with Crippen LogP contribution in [0.25, 0.3) is 0 Å². The summed E-state index contributed by atoms with van der Waals surface area (Å²) in [5.74, 6) is -0.153. The first-order valence-corrected chi connectivity index (χ1v) is 10.5. The minimum absolute atomic E-state index is 0.0484. The van der Waals surface area contributed by atoms with Crippen LogP contribution in [0.1, 0.15) is 76.7 Å². The molecule has 0 bridgehead atoms. The Labute approximate surface area is 167 Å². The van der Waals surface area contributed by atoms with Crippen LogP contribution in [0.2, 0.25) is 0 Å². The number of aryl methyl sites for hydroxylation is 1. The molecule has 4 atom stereocenters. The lowest BCUT2D eigenvalue weighted by atomic mass is 9.67. The summed E-state index contributed by atoms with van der Waals surface area (Å²) < 4.78 is 1.77. The molecule has 0 spiro atoms. The monoisotopic (exact) mass is 390 g/mol. The Morgan fingerprint density at radius 1 is 1.36 bits per heavy atom. The van der Waals surface area contributed by atoms with Crippen LogP contribution in [0.4, 0.5) is 0 Å². The average Bonchev–Trinajstić information content (AvgIpc) is 3.17. The van der Waals surface area contributed by atoms with Crippen molar-refractivity contribution in [2.75, 3.05) is 6.54 Å². The van der Waals surface area contributed by atoms with Gasteiger partial charge in [-0.1, -0.05) is 26.7 Å². The van der Waals surface area contributed by atoms with E-state index in [2.05, 4.69) is 24.3 Å². The van der Waals surface area contributed by atoms with Crippen molar-refractivity contribution in [2.24, 2.45) is 5.41 Å². The Morgan fingerprint density at radius 2 is 2.11 bits per heavy atom. The van der Waals surface area contributed by atoms with Crippen LogP contribution in [0, 0.1) is 5.41 Å². The van der Waals surface area contributed by atoms with Gasteiger partial charge in [0.05, 0.1) is 11.6 Å². The van der Waals surface area contributed by atoms with Gasteiger partial charge in [-0.25, -0.2) is 0 Å². The Hall–Kier alpha value is -1.89. The molecule has 1 aromatic rings. The Kier molecular flexibility index (Phi) is 5.84. The number of rotatable bonds is 5. The number of fused-ring (bicyclic) bond motifs is 1. The topological polar surface area (TPSA) is 87.5 Å². The van der Waals surface area contributed by atoms with Gasteiger partial charge < -0.3 is 15.3 Å². The summed E-state index contributed by atoms with van der Waals surface area (Å²) in [6, 6.07) is 1.58. The first-order chi connectivity index (χ1) is 13.2. The van der Waals surface area contributed by atoms with Gasteiger partial charge in [-0.15, -0.1) is 0 Å². The summed E-state index contributed by atoms with van der Waals surface area (Å²) >= 11 is 0. The molecule has 1 aliphatic heterocycles. The largest absolute Gasteiger partial charge is 0.390 e. The van der Waals surface area contributed by atoms with E-state index in [0.29, 0.717) is 25.2 Å². The number of amides is 2. The van der Waals surface area contributed by atoms with Gasteiger partial charge in [-0.3, -0.25) is 14.3 Å². The predicted molar refractivity (Wildman–Crippen MR) is 107 cm³/mol. The third-order valence-corrected chi connectivity index (χ3v) is 6.94. The zero-order chi connectivity index (χ0) is 20.5. The van der Waals surface area contributed by atoms with Crippen molar-refractivity contribution in [3.05, 3.63) is 18.0 Å². The molecule has 7 heteroatoms. The second kappa shape index (κ2) is 7.85. The highest BCUT2D eigenvalue weighted by Crippen LogP contribution is 2.53. The molecule has 2 aliphatic rings. The van der Waals surface area contributed by atoms with Crippen LogP contribution in [0.3, 0.4) is 0 Å². The van der Waals surface area contributed by atoms with Gasteiger partial charge in [0.1, 0.15) is 5.69 Å². The summed E-state index contributed by atoms with van der Waals surface area (Å²) in [6.07, 6.45) is 6.81. The number of hydrogen-bond acceptors (Lipinski definition) is 4. The zero-order valence-corrected chi connectivity index (χ0v) is 17.6. The van der Waals surface area contributed by atoms with E-state index in [9.17, 15) is 14.7 Å². The summed E-state index contributed by atoms with van der Waals surface area (Å²) in [7, 11) is 0. The lowest BCUT2D eigenvalue weighted by molar-refractivity contribution is -0.119. The second-order valence-electron chi connectivity index (χ2n) is 8.90. The number of aromatic nitrogens is 2. The van der Waals surface area contributed by atoms with Gasteiger partial charge >= 0.3 is 0 Å². The number of carbonyl (C=O) groups excluding carboxylic acids is 2. The molecule has 2 N–H and O–H groups in total. The van der Waals surface area contributed by atoms with Crippen molar-refractivity contribution in [1.29, 1.82) is 0 Å². The maximum Gasteiger partial charge on any atom is 0.272 e. The lowest BCUT2D eigenvalue weighted by Gasteiger charge is -2.43. The van der Waals surface area contributed by atoms with E-state index in [1.807, 2.05) is 11.8 Å². The molecule has 1 saturated carbocycles. The van der Waals surface area contributed by atoms with Crippen LogP contribution in [0.5, 0.6) is 0 Å². The molecule has 3 rings (SSSR count). The fourth-order valence-electron chi connectivity index (χ4n) is 5.19. The SMILES string of the molecule is CCCn1nccc1C(=O)N1[C@@H](CNC(C)=O)C[C@]2(C)[C@H]1CCCC[C@]2(C)O. The molecular weight excluding hydrogens is 356 g/mol. The number of likely N-dealkylation sites (tertiary alicyclic amines) is 1. The molecule has 156 valence electrons. The van der Waals surface area contributed by atoms with Gasteiger partial charge in [0.15, 0.2) is 0 Å². The fourth-order valence-corrected chi connectivity index (χ4v) is 5.19. The van der Waals surface area contributed by atoms with Gasteiger partial charge in [0, 0.05) is 37.7 Å². The van der Waals surface area contributed by atoms with Crippen LogP contribution >= 0.6 is 0 Å². The Morgan fingerprint density at radius 3 is 2.79 bits per heavy atom. The molecule has 1 saturated heterocycles. The van der Waals surface area contributed by atoms with Gasteiger partial charge in [0.2, 0.25) is 5.91 Å². The van der Waals surface area contributed by atoms with E-state index in [4.69, 9.17) is 0 Å². The van der Waals surface area contributed by atoms with E-state index in [0.717, 1.165) is 32.1 Å². The Balaban J connectivity index is 1.99. The molecule has 0 unspecified atom stereocenters. The highest BCUT2D eigenvalue weighted by atomic mass is 16.3. The van der Waals surface area contributed by atoms with Crippen molar-refractivity contribution in [1.82, 2.24) is 20.0 Å². The number of nitrogens with one attached hydrogen (secondary N) is 1. The van der Waals surface area contributed by atoms with Crippen molar-refractivity contribution in [3.63, 3.8) is 0 Å². The van der Waals surface area contributed by atoms with Crippen molar-refractivity contribution in [2.45, 2.75) is 90.4 Å². The van der Waals surface area contributed by atoms with Gasteiger partial charge in [-0.2, -0.15) is 5.10 Å². The maximum absolute atomic E-state index is 13.6. The van der Waals surface area contributed by atoms with Gasteiger partial charge in [-0.05, 0) is 38.7 Å². The first-order valence-electron chi connectivity index (χ1n) is 10.5. The lowest BCUT2D eigenvalue weighted by Crippen LogP contribution is -2.52. The van der Waals surface area contributed by atoms with E-state index in [1.165, 1.54) is 6.92 Å². The smallest absolute Gasteiger partial charge is 0.272 e. The van der Waals surface area contributed by atoms with Crippen molar-refractivity contribution in [3.8, 4) is 0 Å². The third-order valence-electron chi connectivity index (χ3n) is 6.94. The second-order valence-corrected chi connectivity index (χ2v) is 8.90. The van der Waals surface area contributed by atoms with Crippen LogP contribution in [-0.4, -0.2) is 55.8 Å². The van der Waals surface area contributed by atoms with Crippen molar-refractivity contribution >= 4 is 11.8 Å². The molecular formula is C21H34N4O3. The zero-order valence-electron chi connectivity index (χ0n) is 17.6. The summed E-state index contributed by atoms with van der Waals surface area (Å²) in [5, 5.41) is 18.5. The minimum atomic E-state index is -0.846. The van der Waals surface area contributed by atoms with E-state index >= 15 is 0 Å². The minimum Gasteiger partial charge on any atom is -0.390 e. The van der Waals surface area contributed by atoms with Crippen LogP contribution < -0.4 is 5.32 Å². The normalized spacial score (nSPS) is 32.7. The highest BCUT2D eigenvalue weighted by Gasteiger charge is 2.59. The predicted octanol–water partition coefficient (Wildman–Crippen LogP) is 2.34. The highest BCUT2D eigenvalue weighted by molar-refractivity contribution is 5.93. The fraction of sp³-hybridized carbons (Fsp3) is 0.762. The molecule has 28 heavy (non-hydrogen) atoms. The number of aliphatic hydroxyl groups is 1. The summed E-state index contributed by atoms with van der Waals surface area (Å²) in [5.41, 5.74) is -0.665. The molecule has 1 aromatic heterocycles. The van der Waals surface area contributed by atoms with E-state index in [1.54, 1.807) is 16.9 Å². The molecule has 0 aromatic carbocycles. The molecule has 1 aliphatic carbocycles. The average molecular weight is 391 g/mol. The number of hydrogen-bond donors (Lipinski definition) is 2. The third kappa shape index (κ3) is 3.56. The van der Waals surface area contributed by atoms with E-state index < -0.39 is 11.0 Å².